The fraction of sp³-hybridized carbons (Fsp3) is 0.476. The van der Waals surface area contributed by atoms with Crippen molar-refractivity contribution in [1.82, 2.24) is 34.1 Å². The lowest BCUT2D eigenvalue weighted by molar-refractivity contribution is -0.0625. The highest BCUT2D eigenvalue weighted by atomic mass is 32.5. The van der Waals surface area contributed by atoms with Crippen LogP contribution in [0.4, 0.5) is 11.8 Å². The number of nitrogen functional groups attached to an aromatic ring is 2. The molecular formula is C21H25N9O10P2S. The van der Waals surface area contributed by atoms with E-state index in [0.717, 1.165) is 0 Å². The number of phosphoric acid groups is 1. The van der Waals surface area contributed by atoms with Crippen LogP contribution in [0.25, 0.3) is 22.2 Å². The molecule has 7 N–H and O–H groups in total. The van der Waals surface area contributed by atoms with E-state index in [-0.39, 0.29) is 49.0 Å². The largest absolute Gasteiger partial charge is 0.472 e. The molecule has 4 aromatic rings. The van der Waals surface area contributed by atoms with Gasteiger partial charge in [-0.15, -0.1) is 0 Å². The number of imidazole rings is 1. The highest BCUT2D eigenvalue weighted by Gasteiger charge is 2.46. The van der Waals surface area contributed by atoms with Crippen molar-refractivity contribution >= 4 is 60.3 Å². The van der Waals surface area contributed by atoms with Gasteiger partial charge in [-0.2, -0.15) is 4.98 Å². The number of nitrogens with two attached hydrogens (primary N) is 2. The average Bonchev–Trinajstić information content (AvgIpc) is 3.71. The lowest BCUT2D eigenvalue weighted by Gasteiger charge is -2.27. The van der Waals surface area contributed by atoms with E-state index in [4.69, 9.17) is 50.8 Å². The molecule has 0 spiro atoms. The second-order valence-electron chi connectivity index (χ2n) is 10.1. The Hall–Kier alpha value is -2.87. The van der Waals surface area contributed by atoms with Crippen LogP contribution in [0, 0.1) is 0 Å². The fourth-order valence-corrected chi connectivity index (χ4v) is 7.82. The van der Waals surface area contributed by atoms with Gasteiger partial charge in [0, 0.05) is 19.0 Å². The first kappa shape index (κ1) is 28.9. The number of aromatic nitrogens is 7. The Labute approximate surface area is 245 Å². The predicted octanol–water partition coefficient (Wildman–Crippen LogP) is 0.438. The quantitative estimate of drug-likeness (QED) is 0.183. The number of ether oxygens (including phenoxy) is 2. The van der Waals surface area contributed by atoms with E-state index in [1.165, 1.54) is 17.2 Å². The molecule has 230 valence electrons. The summed E-state index contributed by atoms with van der Waals surface area (Å²) >= 11 is 5.31. The molecule has 2 unspecified atom stereocenters. The molecular weight excluding hydrogens is 632 g/mol. The lowest BCUT2D eigenvalue weighted by atomic mass is 10.2. The van der Waals surface area contributed by atoms with Crippen molar-refractivity contribution in [2.75, 3.05) is 24.7 Å². The third kappa shape index (κ3) is 5.49. The Kier molecular flexibility index (Phi) is 7.14. The summed E-state index contributed by atoms with van der Waals surface area (Å²) in [5.41, 5.74) is 11.7. The molecule has 3 saturated heterocycles. The van der Waals surface area contributed by atoms with E-state index in [9.17, 15) is 19.1 Å². The smallest absolute Gasteiger partial charge is 0.383 e. The summed E-state index contributed by atoms with van der Waals surface area (Å²) in [5, 5.41) is 0.596. The molecule has 0 aliphatic carbocycles. The van der Waals surface area contributed by atoms with Crippen molar-refractivity contribution < 1.29 is 41.9 Å². The Morgan fingerprint density at radius 2 is 1.84 bits per heavy atom. The molecule has 0 aromatic carbocycles. The first-order valence-electron chi connectivity index (χ1n) is 12.9. The SMILES string of the molecule is Nc1nc2c(ncn2[C@@H]2O[C@@H]3COP(=O)(O)O[C@H]4C[C@H](n5ccc6c(N)ncnc65)O[C@@H]4COP(O)(=S)O[C@@H]2C3)c(=O)[nH]1. The van der Waals surface area contributed by atoms with E-state index >= 15 is 0 Å². The molecule has 3 aliphatic rings. The summed E-state index contributed by atoms with van der Waals surface area (Å²) in [4.78, 5) is 52.8. The Morgan fingerprint density at radius 3 is 2.67 bits per heavy atom. The van der Waals surface area contributed by atoms with Gasteiger partial charge in [0.15, 0.2) is 17.4 Å². The molecule has 22 heteroatoms. The number of nitrogens with zero attached hydrogens (tertiary/aromatic N) is 6. The Bertz CT molecular complexity index is 1870. The molecule has 7 rings (SSSR count). The average molecular weight is 657 g/mol. The maximum absolute atomic E-state index is 13.1. The fourth-order valence-electron chi connectivity index (χ4n) is 5.40. The first-order valence-corrected chi connectivity index (χ1v) is 17.0. The number of aromatic amines is 1. The maximum Gasteiger partial charge on any atom is 0.472 e. The third-order valence-corrected chi connectivity index (χ3v) is 9.86. The van der Waals surface area contributed by atoms with Gasteiger partial charge in [0.05, 0.1) is 31.0 Å². The number of hydrogen-bond donors (Lipinski definition) is 5. The van der Waals surface area contributed by atoms with Crippen LogP contribution in [0.15, 0.2) is 29.7 Å². The van der Waals surface area contributed by atoms with Crippen LogP contribution in [-0.2, 0) is 43.9 Å². The zero-order chi connectivity index (χ0) is 30.1. The van der Waals surface area contributed by atoms with Gasteiger partial charge in [0.1, 0.15) is 42.3 Å². The minimum Gasteiger partial charge on any atom is -0.383 e. The van der Waals surface area contributed by atoms with Gasteiger partial charge in [0.2, 0.25) is 5.95 Å². The van der Waals surface area contributed by atoms with Crippen LogP contribution >= 0.6 is 14.5 Å². The number of H-pyrrole nitrogens is 1. The number of rotatable bonds is 2. The van der Waals surface area contributed by atoms with Crippen molar-refractivity contribution in [3.63, 3.8) is 0 Å². The highest BCUT2D eigenvalue weighted by Crippen LogP contribution is 2.53. The molecule has 19 nitrogen and oxygen atoms in total. The number of nitrogens with one attached hydrogen (secondary N) is 1. The Balaban J connectivity index is 1.17. The van der Waals surface area contributed by atoms with Gasteiger partial charge < -0.3 is 44.3 Å². The zero-order valence-corrected chi connectivity index (χ0v) is 24.5. The van der Waals surface area contributed by atoms with Crippen molar-refractivity contribution in [2.45, 2.75) is 49.7 Å². The van der Waals surface area contributed by atoms with Gasteiger partial charge in [-0.05, 0) is 17.9 Å². The van der Waals surface area contributed by atoms with E-state index in [2.05, 4.69) is 24.9 Å². The molecule has 3 aliphatic heterocycles. The zero-order valence-electron chi connectivity index (χ0n) is 21.9. The molecule has 43 heavy (non-hydrogen) atoms. The van der Waals surface area contributed by atoms with Crippen LogP contribution in [0.3, 0.4) is 0 Å². The molecule has 4 aromatic heterocycles. The minimum absolute atomic E-state index is 0.0119. The third-order valence-electron chi connectivity index (χ3n) is 7.26. The van der Waals surface area contributed by atoms with E-state index in [1.807, 2.05) is 0 Å². The van der Waals surface area contributed by atoms with Gasteiger partial charge >= 0.3 is 14.5 Å². The Morgan fingerprint density at radius 1 is 1.00 bits per heavy atom. The van der Waals surface area contributed by atoms with Gasteiger partial charge in [-0.3, -0.25) is 23.4 Å². The number of phosphoric ester groups is 1. The van der Waals surface area contributed by atoms with E-state index in [0.29, 0.717) is 11.0 Å². The first-order chi connectivity index (χ1) is 20.5. The van der Waals surface area contributed by atoms with Crippen LogP contribution in [-0.4, -0.2) is 81.5 Å². The van der Waals surface area contributed by atoms with Crippen molar-refractivity contribution in [3.8, 4) is 0 Å². The number of hydrogen-bond acceptors (Lipinski definition) is 15. The maximum atomic E-state index is 13.1. The molecule has 0 radical (unpaired) electrons. The summed E-state index contributed by atoms with van der Waals surface area (Å²) in [7, 11) is -4.66. The molecule has 3 fully saturated rings. The summed E-state index contributed by atoms with van der Waals surface area (Å²) in [6.07, 6.45) is -1.07. The molecule has 0 amide bonds. The number of fused-ring (bicyclic) bond motifs is 5. The standard InChI is InChI=1S/C21H25N9O10P2S/c22-16-10-1-2-29(17(10)25-7-24-16)14-4-11-13(38-14)6-36-42(34,43)40-12-3-9(5-35-41(32,33)39-11)37-20(12)30-8-26-15-18(30)27-21(23)28-19(15)31/h1-2,7-9,11-14,20H,3-6H2,(H,32,33)(H,34,43)(H2,22,24,25)(H3,23,27,28,31)/t9-,11-,12+,13+,14+,20+,42?/m0/s1. The summed E-state index contributed by atoms with van der Waals surface area (Å²) in [5.74, 6) is 0.124. The van der Waals surface area contributed by atoms with Crippen LogP contribution in [0.5, 0.6) is 0 Å². The molecule has 0 saturated carbocycles. The van der Waals surface area contributed by atoms with Gasteiger partial charge in [0.25, 0.3) is 5.56 Å². The van der Waals surface area contributed by atoms with Crippen molar-refractivity contribution in [3.05, 3.63) is 35.3 Å². The molecule has 7 heterocycles. The monoisotopic (exact) mass is 657 g/mol. The highest BCUT2D eigenvalue weighted by molar-refractivity contribution is 8.07. The summed E-state index contributed by atoms with van der Waals surface area (Å²) in [6, 6.07) is 1.72. The molecule has 2 bridgehead atoms. The molecule has 8 atom stereocenters. The lowest BCUT2D eigenvalue weighted by Crippen LogP contribution is -2.29. The van der Waals surface area contributed by atoms with Gasteiger partial charge in [-0.1, -0.05) is 0 Å². The van der Waals surface area contributed by atoms with Crippen LogP contribution in [0.1, 0.15) is 25.3 Å². The van der Waals surface area contributed by atoms with E-state index in [1.54, 1.807) is 16.8 Å². The van der Waals surface area contributed by atoms with Crippen molar-refractivity contribution in [1.29, 1.82) is 0 Å². The predicted molar refractivity (Wildman–Crippen MR) is 150 cm³/mol. The van der Waals surface area contributed by atoms with Crippen LogP contribution in [0.2, 0.25) is 0 Å². The number of anilines is 2. The second kappa shape index (κ2) is 10.6. The topological polar surface area (TPSA) is 259 Å². The summed E-state index contributed by atoms with van der Waals surface area (Å²) < 4.78 is 50.7. The van der Waals surface area contributed by atoms with Crippen molar-refractivity contribution in [2.24, 2.45) is 0 Å². The minimum atomic E-state index is -4.66. The summed E-state index contributed by atoms with van der Waals surface area (Å²) in [6.45, 7) is -4.71. The second-order valence-corrected chi connectivity index (χ2v) is 14.3. The van der Waals surface area contributed by atoms with E-state index < -0.39 is 57.0 Å². The van der Waals surface area contributed by atoms with Crippen LogP contribution < -0.4 is 17.0 Å². The van der Waals surface area contributed by atoms with Gasteiger partial charge in [-0.25, -0.2) is 19.5 Å². The normalized spacial score (nSPS) is 35.4.